The summed E-state index contributed by atoms with van der Waals surface area (Å²) in [6.07, 6.45) is 6.10. The van der Waals surface area contributed by atoms with Crippen LogP contribution in [0, 0.1) is 6.92 Å². The molecule has 0 unspecified atom stereocenters. The third-order valence-electron chi connectivity index (χ3n) is 5.12. The van der Waals surface area contributed by atoms with Crippen molar-refractivity contribution < 1.29 is 8.42 Å². The van der Waals surface area contributed by atoms with Crippen molar-refractivity contribution >= 4 is 15.7 Å². The number of rotatable bonds is 5. The van der Waals surface area contributed by atoms with Crippen molar-refractivity contribution in [2.75, 3.05) is 4.72 Å². The maximum atomic E-state index is 13.2. The van der Waals surface area contributed by atoms with Crippen molar-refractivity contribution in [3.63, 3.8) is 0 Å². The van der Waals surface area contributed by atoms with E-state index < -0.39 is 10.0 Å². The predicted octanol–water partition coefficient (Wildman–Crippen LogP) is 4.77. The maximum Gasteiger partial charge on any atom is 0.265 e. The number of aromatic nitrogens is 2. The molecule has 1 aromatic heterocycles. The zero-order valence-electron chi connectivity index (χ0n) is 15.3. The van der Waals surface area contributed by atoms with Crippen LogP contribution in [0.25, 0.3) is 11.3 Å². The Kier molecular flexibility index (Phi) is 4.74. The second-order valence-corrected chi connectivity index (χ2v) is 8.70. The molecular formula is C21H23N3O2S. The van der Waals surface area contributed by atoms with Crippen LogP contribution in [-0.4, -0.2) is 18.2 Å². The van der Waals surface area contributed by atoms with Gasteiger partial charge in [-0.25, -0.2) is 8.42 Å². The van der Waals surface area contributed by atoms with E-state index in [9.17, 15) is 8.42 Å². The summed E-state index contributed by atoms with van der Waals surface area (Å²) >= 11 is 0. The molecule has 1 aliphatic carbocycles. The summed E-state index contributed by atoms with van der Waals surface area (Å²) < 4.78 is 31.0. The standard InChI is InChI=1S/C21H23N3O2S/c1-16-9-5-8-14-19(16)23-27(25,26)20-15-24(18-12-6-7-13-18)22-21(20)17-10-3-2-4-11-17/h2-5,8-11,14-15,18,23H,6-7,12-13H2,1H3. The Morgan fingerprint density at radius 2 is 1.67 bits per heavy atom. The highest BCUT2D eigenvalue weighted by Gasteiger charge is 2.27. The van der Waals surface area contributed by atoms with Crippen molar-refractivity contribution in [2.24, 2.45) is 0 Å². The van der Waals surface area contributed by atoms with Gasteiger partial charge in [0.05, 0.1) is 11.7 Å². The zero-order chi connectivity index (χ0) is 18.9. The normalized spacial score (nSPS) is 15.1. The van der Waals surface area contributed by atoms with Gasteiger partial charge in [0.15, 0.2) is 0 Å². The van der Waals surface area contributed by atoms with Crippen LogP contribution >= 0.6 is 0 Å². The van der Waals surface area contributed by atoms with E-state index >= 15 is 0 Å². The molecule has 1 aliphatic rings. The van der Waals surface area contributed by atoms with Crippen molar-refractivity contribution in [2.45, 2.75) is 43.5 Å². The smallest absolute Gasteiger partial charge is 0.265 e. The molecule has 6 heteroatoms. The van der Waals surface area contributed by atoms with Gasteiger partial charge in [0.2, 0.25) is 0 Å². The van der Waals surface area contributed by atoms with Gasteiger partial charge in [0, 0.05) is 11.8 Å². The van der Waals surface area contributed by atoms with Gasteiger partial charge < -0.3 is 0 Å². The van der Waals surface area contributed by atoms with Gasteiger partial charge in [-0.1, -0.05) is 61.4 Å². The minimum Gasteiger partial charge on any atom is -0.279 e. The molecule has 0 amide bonds. The molecule has 0 saturated heterocycles. The molecule has 0 spiro atoms. The van der Waals surface area contributed by atoms with Gasteiger partial charge in [-0.05, 0) is 31.4 Å². The number of nitrogens with one attached hydrogen (secondary N) is 1. The molecule has 1 N–H and O–H groups in total. The fourth-order valence-corrected chi connectivity index (χ4v) is 4.90. The molecular weight excluding hydrogens is 358 g/mol. The van der Waals surface area contributed by atoms with Crippen LogP contribution in [-0.2, 0) is 10.0 Å². The fraction of sp³-hybridized carbons (Fsp3) is 0.286. The fourth-order valence-electron chi connectivity index (χ4n) is 3.61. The minimum atomic E-state index is -3.76. The summed E-state index contributed by atoms with van der Waals surface area (Å²) in [5.74, 6) is 0. The molecule has 1 saturated carbocycles. The van der Waals surface area contributed by atoms with Crippen LogP contribution in [0.5, 0.6) is 0 Å². The van der Waals surface area contributed by atoms with Crippen LogP contribution in [0.15, 0.2) is 65.7 Å². The van der Waals surface area contributed by atoms with E-state index in [4.69, 9.17) is 5.10 Å². The Morgan fingerprint density at radius 1 is 1.00 bits per heavy atom. The first-order valence-corrected chi connectivity index (χ1v) is 10.8. The monoisotopic (exact) mass is 381 g/mol. The first kappa shape index (κ1) is 17.8. The number of para-hydroxylation sites is 1. The van der Waals surface area contributed by atoms with Crippen LogP contribution < -0.4 is 4.72 Å². The summed E-state index contributed by atoms with van der Waals surface area (Å²) in [5.41, 5.74) is 2.78. The highest BCUT2D eigenvalue weighted by molar-refractivity contribution is 7.92. The molecule has 1 heterocycles. The van der Waals surface area contributed by atoms with Gasteiger partial charge in [-0.15, -0.1) is 0 Å². The van der Waals surface area contributed by atoms with Crippen molar-refractivity contribution in [1.82, 2.24) is 9.78 Å². The van der Waals surface area contributed by atoms with E-state index in [1.165, 1.54) is 0 Å². The molecule has 140 valence electrons. The van der Waals surface area contributed by atoms with Gasteiger partial charge >= 0.3 is 0 Å². The molecule has 3 aromatic rings. The molecule has 2 aromatic carbocycles. The molecule has 0 atom stereocenters. The number of benzene rings is 2. The molecule has 1 fully saturated rings. The summed E-state index contributed by atoms with van der Waals surface area (Å²) in [6.45, 7) is 1.89. The highest BCUT2D eigenvalue weighted by Crippen LogP contribution is 2.34. The van der Waals surface area contributed by atoms with E-state index in [-0.39, 0.29) is 10.9 Å². The van der Waals surface area contributed by atoms with Gasteiger partial charge in [0.1, 0.15) is 10.6 Å². The predicted molar refractivity (Wildman–Crippen MR) is 107 cm³/mol. The maximum absolute atomic E-state index is 13.2. The lowest BCUT2D eigenvalue weighted by atomic mass is 10.2. The first-order valence-electron chi connectivity index (χ1n) is 9.27. The van der Waals surface area contributed by atoms with Crippen molar-refractivity contribution in [3.8, 4) is 11.3 Å². The molecule has 4 rings (SSSR count). The second-order valence-electron chi connectivity index (χ2n) is 7.05. The molecule has 0 aliphatic heterocycles. The number of hydrogen-bond acceptors (Lipinski definition) is 3. The summed E-state index contributed by atoms with van der Waals surface area (Å²) in [4.78, 5) is 0.226. The van der Waals surface area contributed by atoms with E-state index in [0.717, 1.165) is 36.8 Å². The van der Waals surface area contributed by atoms with E-state index in [1.54, 1.807) is 12.3 Å². The molecule has 0 radical (unpaired) electrons. The summed E-state index contributed by atoms with van der Waals surface area (Å²) in [7, 11) is -3.76. The minimum absolute atomic E-state index is 0.226. The van der Waals surface area contributed by atoms with Crippen LogP contribution in [0.2, 0.25) is 0 Å². The summed E-state index contributed by atoms with van der Waals surface area (Å²) in [6, 6.07) is 17.2. The van der Waals surface area contributed by atoms with Crippen LogP contribution in [0.4, 0.5) is 5.69 Å². The molecule has 27 heavy (non-hydrogen) atoms. The quantitative estimate of drug-likeness (QED) is 0.692. The lowest BCUT2D eigenvalue weighted by Gasteiger charge is -2.10. The lowest BCUT2D eigenvalue weighted by molar-refractivity contribution is 0.467. The topological polar surface area (TPSA) is 64.0 Å². The molecule has 0 bridgehead atoms. The van der Waals surface area contributed by atoms with Crippen molar-refractivity contribution in [1.29, 1.82) is 0 Å². The average Bonchev–Trinajstić information content (AvgIpc) is 3.34. The van der Waals surface area contributed by atoms with Crippen LogP contribution in [0.1, 0.15) is 37.3 Å². The van der Waals surface area contributed by atoms with E-state index in [1.807, 2.05) is 60.1 Å². The number of anilines is 1. The Morgan fingerprint density at radius 3 is 2.37 bits per heavy atom. The lowest BCUT2D eigenvalue weighted by Crippen LogP contribution is -2.14. The van der Waals surface area contributed by atoms with E-state index in [0.29, 0.717) is 11.4 Å². The Hall–Kier alpha value is -2.60. The summed E-state index contributed by atoms with van der Waals surface area (Å²) in [5, 5.41) is 4.69. The van der Waals surface area contributed by atoms with Gasteiger partial charge in [-0.3, -0.25) is 9.40 Å². The van der Waals surface area contributed by atoms with Gasteiger partial charge in [0.25, 0.3) is 10.0 Å². The zero-order valence-corrected chi connectivity index (χ0v) is 16.1. The van der Waals surface area contributed by atoms with Gasteiger partial charge in [-0.2, -0.15) is 5.10 Å². The van der Waals surface area contributed by atoms with Crippen LogP contribution in [0.3, 0.4) is 0 Å². The Bertz CT molecular complexity index is 1040. The van der Waals surface area contributed by atoms with Crippen molar-refractivity contribution in [3.05, 3.63) is 66.4 Å². The number of sulfonamides is 1. The number of hydrogen-bond donors (Lipinski definition) is 1. The first-order chi connectivity index (χ1) is 13.0. The molecule has 5 nitrogen and oxygen atoms in total. The largest absolute Gasteiger partial charge is 0.279 e. The Balaban J connectivity index is 1.79. The van der Waals surface area contributed by atoms with E-state index in [2.05, 4.69) is 4.72 Å². The Labute approximate surface area is 160 Å². The highest BCUT2D eigenvalue weighted by atomic mass is 32.2. The SMILES string of the molecule is Cc1ccccc1NS(=O)(=O)c1cn(C2CCCC2)nc1-c1ccccc1. The number of nitrogens with zero attached hydrogens (tertiary/aromatic N) is 2. The third-order valence-corrected chi connectivity index (χ3v) is 6.49. The number of aryl methyl sites for hydroxylation is 1. The third kappa shape index (κ3) is 3.62. The average molecular weight is 382 g/mol. The second kappa shape index (κ2) is 7.19.